The number of hydrogen-bond donors (Lipinski definition) is 1. The van der Waals surface area contributed by atoms with Gasteiger partial charge in [0.25, 0.3) is 0 Å². The smallest absolute Gasteiger partial charge is 0.239 e. The lowest BCUT2D eigenvalue weighted by atomic mass is 10.1. The average molecular weight is 320 g/mol. The molecule has 0 fully saturated rings. The summed E-state index contributed by atoms with van der Waals surface area (Å²) in [6.45, 7) is 5.82. The van der Waals surface area contributed by atoms with Crippen LogP contribution < -0.4 is 10.1 Å². The Bertz CT molecular complexity index is 640. The molecule has 0 aliphatic rings. The van der Waals surface area contributed by atoms with E-state index in [2.05, 4.69) is 10.5 Å². The summed E-state index contributed by atoms with van der Waals surface area (Å²) in [4.78, 5) is 13.5. The molecule has 2 aromatic rings. The third kappa shape index (κ3) is 4.27. The van der Waals surface area contributed by atoms with Crippen LogP contribution in [0.2, 0.25) is 0 Å². The van der Waals surface area contributed by atoms with E-state index in [0.717, 1.165) is 10.6 Å². The number of carbonyl (C=O) groups excluding carboxylic acids is 1. The van der Waals surface area contributed by atoms with E-state index >= 15 is 0 Å². The molecule has 0 spiro atoms. The van der Waals surface area contributed by atoms with Crippen molar-refractivity contribution in [2.24, 2.45) is 5.92 Å². The molecule has 22 heavy (non-hydrogen) atoms. The second-order valence-corrected chi connectivity index (χ2v) is 6.49. The van der Waals surface area contributed by atoms with Crippen molar-refractivity contribution in [3.63, 3.8) is 0 Å². The monoisotopic (exact) mass is 320 g/mol. The van der Waals surface area contributed by atoms with Gasteiger partial charge in [-0.2, -0.15) is 0 Å². The minimum atomic E-state index is -0.232. The Kier molecular flexibility index (Phi) is 5.49. The third-order valence-corrected chi connectivity index (χ3v) is 4.59. The van der Waals surface area contributed by atoms with Crippen molar-refractivity contribution < 1.29 is 14.1 Å². The molecule has 0 aliphatic carbocycles. The fourth-order valence-electron chi connectivity index (χ4n) is 1.94. The van der Waals surface area contributed by atoms with Gasteiger partial charge in [-0.3, -0.25) is 4.79 Å². The summed E-state index contributed by atoms with van der Waals surface area (Å²) in [6, 6.07) is 9.39. The van der Waals surface area contributed by atoms with Gasteiger partial charge in [-0.25, -0.2) is 0 Å². The summed E-state index contributed by atoms with van der Waals surface area (Å²) in [6.07, 6.45) is 0. The quantitative estimate of drug-likeness (QED) is 0.821. The van der Waals surface area contributed by atoms with Gasteiger partial charge < -0.3 is 14.6 Å². The lowest BCUT2D eigenvalue weighted by Crippen LogP contribution is -2.29. The van der Waals surface area contributed by atoms with E-state index in [1.54, 1.807) is 20.1 Å². The molecule has 1 aromatic carbocycles. The molecule has 1 unspecified atom stereocenters. The molecular formula is C16H20N2O3S. The van der Waals surface area contributed by atoms with Crippen molar-refractivity contribution in [2.75, 3.05) is 12.4 Å². The number of aryl methyl sites for hydroxylation is 1. The predicted molar refractivity (Wildman–Crippen MR) is 87.3 cm³/mol. The van der Waals surface area contributed by atoms with Crippen molar-refractivity contribution in [3.8, 4) is 5.75 Å². The van der Waals surface area contributed by atoms with Gasteiger partial charge in [-0.05, 0) is 31.0 Å². The van der Waals surface area contributed by atoms with Crippen LogP contribution in [-0.2, 0) is 4.79 Å². The molecule has 118 valence electrons. The number of aromatic nitrogens is 1. The molecule has 0 aliphatic heterocycles. The van der Waals surface area contributed by atoms with Gasteiger partial charge in [-0.1, -0.05) is 25.1 Å². The molecule has 1 atom stereocenters. The van der Waals surface area contributed by atoms with Crippen LogP contribution >= 0.6 is 11.8 Å². The highest BCUT2D eigenvalue weighted by molar-refractivity contribution is 8.00. The first-order valence-electron chi connectivity index (χ1n) is 7.04. The molecule has 0 radical (unpaired) electrons. The zero-order valence-electron chi connectivity index (χ0n) is 13.1. The van der Waals surface area contributed by atoms with Gasteiger partial charge in [0.2, 0.25) is 5.91 Å². The molecule has 1 amide bonds. The number of rotatable bonds is 6. The van der Waals surface area contributed by atoms with E-state index in [4.69, 9.17) is 9.26 Å². The highest BCUT2D eigenvalue weighted by atomic mass is 32.2. The molecule has 2 rings (SSSR count). The number of nitrogens with one attached hydrogen (secondary N) is 1. The van der Waals surface area contributed by atoms with Gasteiger partial charge in [0.1, 0.15) is 11.5 Å². The minimum absolute atomic E-state index is 0.0869. The topological polar surface area (TPSA) is 64.4 Å². The summed E-state index contributed by atoms with van der Waals surface area (Å²) >= 11 is 1.51. The Labute approximate surface area is 134 Å². The number of carbonyl (C=O) groups is 1. The molecule has 0 bridgehead atoms. The van der Waals surface area contributed by atoms with Crippen molar-refractivity contribution in [2.45, 2.75) is 30.9 Å². The molecule has 5 nitrogen and oxygen atoms in total. The van der Waals surface area contributed by atoms with Crippen molar-refractivity contribution >= 4 is 23.5 Å². The van der Waals surface area contributed by atoms with Gasteiger partial charge in [0.15, 0.2) is 5.82 Å². The van der Waals surface area contributed by atoms with Gasteiger partial charge in [0.05, 0.1) is 12.4 Å². The van der Waals surface area contributed by atoms with E-state index in [-0.39, 0.29) is 17.1 Å². The summed E-state index contributed by atoms with van der Waals surface area (Å²) in [7, 11) is 1.63. The van der Waals surface area contributed by atoms with E-state index in [1.165, 1.54) is 11.8 Å². The maximum atomic E-state index is 12.5. The number of amides is 1. The van der Waals surface area contributed by atoms with Crippen molar-refractivity contribution in [3.05, 3.63) is 36.1 Å². The summed E-state index contributed by atoms with van der Waals surface area (Å²) in [5, 5.41) is 6.36. The SMILES string of the molecule is COc1cccc(SC(C(=O)Nc2cc(C)on2)C(C)C)c1. The lowest BCUT2D eigenvalue weighted by molar-refractivity contribution is -0.116. The van der Waals surface area contributed by atoms with Crippen molar-refractivity contribution in [1.29, 1.82) is 0 Å². The van der Waals surface area contributed by atoms with Gasteiger partial charge in [0, 0.05) is 11.0 Å². The van der Waals surface area contributed by atoms with E-state index in [1.807, 2.05) is 38.1 Å². The standard InChI is InChI=1S/C16H20N2O3S/c1-10(2)15(16(19)17-14-8-11(3)21-18-14)22-13-7-5-6-12(9-13)20-4/h5-10,15H,1-4H3,(H,17,18,19). The van der Waals surface area contributed by atoms with E-state index < -0.39 is 0 Å². The van der Waals surface area contributed by atoms with E-state index in [0.29, 0.717) is 11.6 Å². The van der Waals surface area contributed by atoms with Gasteiger partial charge >= 0.3 is 0 Å². The van der Waals surface area contributed by atoms with Crippen LogP contribution in [0.25, 0.3) is 0 Å². The van der Waals surface area contributed by atoms with Gasteiger partial charge in [-0.15, -0.1) is 11.8 Å². The van der Waals surface area contributed by atoms with Crippen LogP contribution in [-0.4, -0.2) is 23.4 Å². The molecule has 1 N–H and O–H groups in total. The van der Waals surface area contributed by atoms with E-state index in [9.17, 15) is 4.79 Å². The summed E-state index contributed by atoms with van der Waals surface area (Å²) in [5.41, 5.74) is 0. The van der Waals surface area contributed by atoms with Crippen LogP contribution in [0.15, 0.2) is 39.8 Å². The lowest BCUT2D eigenvalue weighted by Gasteiger charge is -2.19. The predicted octanol–water partition coefficient (Wildman–Crippen LogP) is 3.75. The van der Waals surface area contributed by atoms with Crippen LogP contribution in [0, 0.1) is 12.8 Å². The Morgan fingerprint density at radius 1 is 1.36 bits per heavy atom. The number of ether oxygens (including phenoxy) is 1. The first kappa shape index (κ1) is 16.4. The molecule has 0 saturated carbocycles. The largest absolute Gasteiger partial charge is 0.497 e. The molecule has 1 heterocycles. The van der Waals surface area contributed by atoms with Crippen LogP contribution in [0.4, 0.5) is 5.82 Å². The molecule has 0 saturated heterocycles. The Morgan fingerprint density at radius 2 is 2.14 bits per heavy atom. The first-order valence-corrected chi connectivity index (χ1v) is 7.92. The zero-order valence-corrected chi connectivity index (χ0v) is 13.9. The number of benzene rings is 1. The third-order valence-electron chi connectivity index (χ3n) is 3.05. The molecule has 1 aromatic heterocycles. The van der Waals surface area contributed by atoms with Crippen LogP contribution in [0.3, 0.4) is 0 Å². The Balaban J connectivity index is 2.10. The van der Waals surface area contributed by atoms with Crippen molar-refractivity contribution in [1.82, 2.24) is 5.16 Å². The maximum Gasteiger partial charge on any atom is 0.239 e. The molecule has 6 heteroatoms. The second kappa shape index (κ2) is 7.35. The number of methoxy groups -OCH3 is 1. The fraction of sp³-hybridized carbons (Fsp3) is 0.375. The fourth-order valence-corrected chi connectivity index (χ4v) is 3.01. The number of anilines is 1. The highest BCUT2D eigenvalue weighted by Gasteiger charge is 2.24. The summed E-state index contributed by atoms with van der Waals surface area (Å²) < 4.78 is 10.2. The number of thioether (sulfide) groups is 1. The average Bonchev–Trinajstić information content (AvgIpc) is 2.89. The second-order valence-electron chi connectivity index (χ2n) is 5.27. The summed E-state index contributed by atoms with van der Waals surface area (Å²) in [5.74, 6) is 1.97. The maximum absolute atomic E-state index is 12.5. The number of hydrogen-bond acceptors (Lipinski definition) is 5. The Morgan fingerprint density at radius 3 is 2.73 bits per heavy atom. The number of nitrogens with zero attached hydrogens (tertiary/aromatic N) is 1. The first-order chi connectivity index (χ1) is 10.5. The van der Waals surface area contributed by atoms with Crippen LogP contribution in [0.5, 0.6) is 5.75 Å². The molecular weight excluding hydrogens is 300 g/mol. The Hall–Kier alpha value is -1.95. The highest BCUT2D eigenvalue weighted by Crippen LogP contribution is 2.31. The van der Waals surface area contributed by atoms with Crippen LogP contribution in [0.1, 0.15) is 19.6 Å². The normalized spacial score (nSPS) is 12.2. The zero-order chi connectivity index (χ0) is 16.1. The minimum Gasteiger partial charge on any atom is -0.497 e.